The van der Waals surface area contributed by atoms with Crippen molar-refractivity contribution in [2.24, 2.45) is 5.73 Å². The summed E-state index contributed by atoms with van der Waals surface area (Å²) in [6.07, 6.45) is 2.78. The second-order valence-corrected chi connectivity index (χ2v) is 2.50. The van der Waals surface area contributed by atoms with E-state index in [9.17, 15) is 0 Å². The number of hydrogen-bond donors (Lipinski definition) is 2. The molecule has 0 aromatic carbocycles. The van der Waals surface area contributed by atoms with E-state index in [2.05, 4.69) is 22.2 Å². The van der Waals surface area contributed by atoms with Crippen LogP contribution in [0.15, 0.2) is 12.3 Å². The van der Waals surface area contributed by atoms with Gasteiger partial charge in [-0.3, -0.25) is 0 Å². The van der Waals surface area contributed by atoms with E-state index in [4.69, 9.17) is 5.73 Å². The summed E-state index contributed by atoms with van der Waals surface area (Å²) < 4.78 is 0. The fourth-order valence-electron chi connectivity index (χ4n) is 0.832. The zero-order valence-electron chi connectivity index (χ0n) is 7.25. The first-order valence-corrected chi connectivity index (χ1v) is 4.12. The molecule has 0 saturated carbocycles. The average molecular weight is 166 g/mol. The van der Waals surface area contributed by atoms with Gasteiger partial charge in [-0.15, -0.1) is 0 Å². The molecule has 1 aromatic heterocycles. The van der Waals surface area contributed by atoms with Crippen LogP contribution in [0.4, 0.5) is 5.95 Å². The van der Waals surface area contributed by atoms with Crippen molar-refractivity contribution in [3.63, 3.8) is 0 Å². The van der Waals surface area contributed by atoms with Crippen LogP contribution in [0.25, 0.3) is 0 Å². The zero-order chi connectivity index (χ0) is 8.81. The predicted molar refractivity (Wildman–Crippen MR) is 48.7 cm³/mol. The maximum absolute atomic E-state index is 5.43. The topological polar surface area (TPSA) is 63.8 Å². The molecule has 0 aliphatic carbocycles. The van der Waals surface area contributed by atoms with Crippen molar-refractivity contribution in [1.29, 1.82) is 0 Å². The monoisotopic (exact) mass is 166 g/mol. The third kappa shape index (κ3) is 2.47. The SMILES string of the molecule is CCCNc1nccc(CN)n1. The molecule has 0 spiro atoms. The quantitative estimate of drug-likeness (QED) is 0.693. The molecule has 4 heteroatoms. The van der Waals surface area contributed by atoms with Crippen LogP contribution < -0.4 is 11.1 Å². The summed E-state index contributed by atoms with van der Waals surface area (Å²) >= 11 is 0. The van der Waals surface area contributed by atoms with Gasteiger partial charge in [0, 0.05) is 19.3 Å². The van der Waals surface area contributed by atoms with Crippen molar-refractivity contribution in [3.8, 4) is 0 Å². The number of hydrogen-bond acceptors (Lipinski definition) is 4. The molecule has 0 saturated heterocycles. The third-order valence-electron chi connectivity index (χ3n) is 1.46. The number of nitrogens with one attached hydrogen (secondary N) is 1. The van der Waals surface area contributed by atoms with Gasteiger partial charge in [-0.05, 0) is 12.5 Å². The molecule has 1 aromatic rings. The fraction of sp³-hybridized carbons (Fsp3) is 0.500. The molecule has 1 heterocycles. The standard InChI is InChI=1S/C8H14N4/c1-2-4-10-8-11-5-3-7(6-9)12-8/h3,5H,2,4,6,9H2,1H3,(H,10,11,12). The van der Waals surface area contributed by atoms with E-state index in [1.807, 2.05) is 6.07 Å². The Labute approximate surface area is 72.2 Å². The lowest BCUT2D eigenvalue weighted by Crippen LogP contribution is -2.07. The summed E-state index contributed by atoms with van der Waals surface area (Å²) in [5.74, 6) is 0.666. The molecule has 0 atom stereocenters. The van der Waals surface area contributed by atoms with Gasteiger partial charge in [0.15, 0.2) is 0 Å². The highest BCUT2D eigenvalue weighted by molar-refractivity contribution is 5.24. The summed E-state index contributed by atoms with van der Waals surface area (Å²) in [6.45, 7) is 3.46. The first kappa shape index (κ1) is 8.93. The van der Waals surface area contributed by atoms with E-state index >= 15 is 0 Å². The molecule has 3 N–H and O–H groups in total. The van der Waals surface area contributed by atoms with Gasteiger partial charge in [0.05, 0.1) is 5.69 Å². The van der Waals surface area contributed by atoms with Crippen molar-refractivity contribution in [1.82, 2.24) is 9.97 Å². The lowest BCUT2D eigenvalue weighted by molar-refractivity contribution is 0.921. The average Bonchev–Trinajstić information content (AvgIpc) is 2.15. The predicted octanol–water partition coefficient (Wildman–Crippen LogP) is 0.757. The van der Waals surface area contributed by atoms with E-state index in [-0.39, 0.29) is 0 Å². The van der Waals surface area contributed by atoms with Crippen LogP contribution in [-0.4, -0.2) is 16.5 Å². The van der Waals surface area contributed by atoms with Crippen LogP contribution in [-0.2, 0) is 6.54 Å². The lowest BCUT2D eigenvalue weighted by atomic mass is 10.4. The Hall–Kier alpha value is -1.16. The Kier molecular flexibility index (Phi) is 3.47. The van der Waals surface area contributed by atoms with Crippen molar-refractivity contribution in [2.75, 3.05) is 11.9 Å². The highest BCUT2D eigenvalue weighted by atomic mass is 15.1. The molecule has 0 bridgehead atoms. The second kappa shape index (κ2) is 4.66. The highest BCUT2D eigenvalue weighted by Crippen LogP contribution is 1.98. The minimum atomic E-state index is 0.462. The van der Waals surface area contributed by atoms with Crippen LogP contribution in [0.1, 0.15) is 19.0 Å². The largest absolute Gasteiger partial charge is 0.354 e. The van der Waals surface area contributed by atoms with Crippen LogP contribution in [0, 0.1) is 0 Å². The van der Waals surface area contributed by atoms with Gasteiger partial charge in [-0.1, -0.05) is 6.92 Å². The van der Waals surface area contributed by atoms with E-state index in [0.717, 1.165) is 18.7 Å². The molecule has 0 fully saturated rings. The molecule has 0 aliphatic rings. The maximum atomic E-state index is 5.43. The first-order valence-electron chi connectivity index (χ1n) is 4.12. The fourth-order valence-corrected chi connectivity index (χ4v) is 0.832. The van der Waals surface area contributed by atoms with Crippen molar-refractivity contribution in [3.05, 3.63) is 18.0 Å². The second-order valence-electron chi connectivity index (χ2n) is 2.50. The molecular weight excluding hydrogens is 152 g/mol. The molecule has 0 unspecified atom stereocenters. The number of anilines is 1. The highest BCUT2D eigenvalue weighted by Gasteiger charge is 1.94. The molecule has 4 nitrogen and oxygen atoms in total. The Balaban J connectivity index is 2.60. The van der Waals surface area contributed by atoms with E-state index in [1.54, 1.807) is 6.20 Å². The molecule has 12 heavy (non-hydrogen) atoms. The number of nitrogens with zero attached hydrogens (tertiary/aromatic N) is 2. The van der Waals surface area contributed by atoms with Crippen LogP contribution in [0.5, 0.6) is 0 Å². The van der Waals surface area contributed by atoms with Gasteiger partial charge >= 0.3 is 0 Å². The van der Waals surface area contributed by atoms with Crippen LogP contribution in [0.3, 0.4) is 0 Å². The van der Waals surface area contributed by atoms with Gasteiger partial charge < -0.3 is 11.1 Å². The van der Waals surface area contributed by atoms with Crippen molar-refractivity contribution < 1.29 is 0 Å². The third-order valence-corrected chi connectivity index (χ3v) is 1.46. The number of rotatable bonds is 4. The molecule has 0 amide bonds. The maximum Gasteiger partial charge on any atom is 0.222 e. The van der Waals surface area contributed by atoms with Gasteiger partial charge in [0.25, 0.3) is 0 Å². The first-order chi connectivity index (χ1) is 5.86. The van der Waals surface area contributed by atoms with E-state index in [0.29, 0.717) is 12.5 Å². The molecule has 1 rings (SSSR count). The van der Waals surface area contributed by atoms with Gasteiger partial charge in [-0.25, -0.2) is 9.97 Å². The summed E-state index contributed by atoms with van der Waals surface area (Å²) in [5, 5.41) is 3.09. The summed E-state index contributed by atoms with van der Waals surface area (Å²) in [4.78, 5) is 8.23. The normalized spacial score (nSPS) is 9.83. The smallest absolute Gasteiger partial charge is 0.222 e. The Morgan fingerprint density at radius 2 is 2.42 bits per heavy atom. The zero-order valence-corrected chi connectivity index (χ0v) is 7.25. The van der Waals surface area contributed by atoms with Crippen LogP contribution in [0.2, 0.25) is 0 Å². The molecule has 66 valence electrons. The molecule has 0 aliphatic heterocycles. The summed E-state index contributed by atoms with van der Waals surface area (Å²) in [5.41, 5.74) is 6.29. The minimum Gasteiger partial charge on any atom is -0.354 e. The molecule has 0 radical (unpaired) electrons. The van der Waals surface area contributed by atoms with Crippen LogP contribution >= 0.6 is 0 Å². The lowest BCUT2D eigenvalue weighted by Gasteiger charge is -2.02. The summed E-state index contributed by atoms with van der Waals surface area (Å²) in [6, 6.07) is 1.82. The van der Waals surface area contributed by atoms with E-state index < -0.39 is 0 Å². The van der Waals surface area contributed by atoms with Crippen molar-refractivity contribution in [2.45, 2.75) is 19.9 Å². The van der Waals surface area contributed by atoms with E-state index in [1.165, 1.54) is 0 Å². The van der Waals surface area contributed by atoms with Gasteiger partial charge in [-0.2, -0.15) is 0 Å². The van der Waals surface area contributed by atoms with Crippen molar-refractivity contribution >= 4 is 5.95 Å². The van der Waals surface area contributed by atoms with Gasteiger partial charge in [0.2, 0.25) is 5.95 Å². The number of nitrogens with two attached hydrogens (primary N) is 1. The Bertz CT molecular complexity index is 236. The Morgan fingerprint density at radius 3 is 3.08 bits per heavy atom. The Morgan fingerprint density at radius 1 is 1.58 bits per heavy atom. The minimum absolute atomic E-state index is 0.462. The number of aromatic nitrogens is 2. The molecular formula is C8H14N4. The van der Waals surface area contributed by atoms with Gasteiger partial charge in [0.1, 0.15) is 0 Å². The summed E-state index contributed by atoms with van der Waals surface area (Å²) in [7, 11) is 0.